The lowest BCUT2D eigenvalue weighted by atomic mass is 9.95. The Morgan fingerprint density at radius 3 is 2.96 bits per heavy atom. The highest BCUT2D eigenvalue weighted by atomic mass is 16.3. The molecule has 1 amide bonds. The first-order chi connectivity index (χ1) is 13.0. The minimum absolute atomic E-state index is 0.00110. The number of rotatable bonds is 6. The standard InChI is InChI=1S/C21H30N4O2/c1-16-18(8-4-9-19(16)26)21(27)25-12-5-7-17(15-25)20-22-10-14-24(20)13-6-11-23(2)3/h4,8-10,14,17,26H,5-7,11-13,15H2,1-3H3/t17-/m1/s1. The molecule has 0 aliphatic carbocycles. The number of aromatic hydroxyl groups is 1. The molecule has 1 aliphatic heterocycles. The monoisotopic (exact) mass is 370 g/mol. The van der Waals surface area contributed by atoms with E-state index in [1.807, 2.05) is 17.3 Å². The summed E-state index contributed by atoms with van der Waals surface area (Å²) in [5.74, 6) is 1.51. The van der Waals surface area contributed by atoms with Gasteiger partial charge >= 0.3 is 0 Å². The van der Waals surface area contributed by atoms with Gasteiger partial charge in [-0.25, -0.2) is 4.98 Å². The van der Waals surface area contributed by atoms with Crippen molar-refractivity contribution in [1.29, 1.82) is 0 Å². The zero-order valence-electron chi connectivity index (χ0n) is 16.6. The highest BCUT2D eigenvalue weighted by Crippen LogP contribution is 2.28. The Kier molecular flexibility index (Phi) is 6.16. The summed E-state index contributed by atoms with van der Waals surface area (Å²) in [5, 5.41) is 9.92. The van der Waals surface area contributed by atoms with Crippen molar-refractivity contribution in [3.05, 3.63) is 47.5 Å². The van der Waals surface area contributed by atoms with E-state index >= 15 is 0 Å². The van der Waals surface area contributed by atoms with E-state index in [2.05, 4.69) is 28.5 Å². The Morgan fingerprint density at radius 2 is 2.19 bits per heavy atom. The molecule has 6 nitrogen and oxygen atoms in total. The number of nitrogens with zero attached hydrogens (tertiary/aromatic N) is 4. The summed E-state index contributed by atoms with van der Waals surface area (Å²) in [6, 6.07) is 5.15. The largest absolute Gasteiger partial charge is 0.508 e. The van der Waals surface area contributed by atoms with Crippen LogP contribution in [0.25, 0.3) is 0 Å². The number of aromatic nitrogens is 2. The summed E-state index contributed by atoms with van der Waals surface area (Å²) < 4.78 is 2.24. The molecule has 0 saturated carbocycles. The molecule has 0 spiro atoms. The zero-order chi connectivity index (χ0) is 19.4. The van der Waals surface area contributed by atoms with Crippen LogP contribution < -0.4 is 0 Å². The number of piperidine rings is 1. The van der Waals surface area contributed by atoms with Crippen molar-refractivity contribution in [3.8, 4) is 5.75 Å². The lowest BCUT2D eigenvalue weighted by molar-refractivity contribution is 0.0702. The van der Waals surface area contributed by atoms with Gasteiger partial charge in [0.25, 0.3) is 5.91 Å². The molecular formula is C21H30N4O2. The van der Waals surface area contributed by atoms with Crippen LogP contribution in [0, 0.1) is 6.92 Å². The van der Waals surface area contributed by atoms with E-state index in [9.17, 15) is 9.90 Å². The topological polar surface area (TPSA) is 61.6 Å². The van der Waals surface area contributed by atoms with E-state index < -0.39 is 0 Å². The molecule has 3 rings (SSSR count). The Morgan fingerprint density at radius 1 is 1.37 bits per heavy atom. The van der Waals surface area contributed by atoms with Crippen molar-refractivity contribution in [2.45, 2.75) is 38.6 Å². The zero-order valence-corrected chi connectivity index (χ0v) is 16.6. The molecule has 0 radical (unpaired) electrons. The van der Waals surface area contributed by atoms with Gasteiger partial charge in [-0.3, -0.25) is 4.79 Å². The molecule has 27 heavy (non-hydrogen) atoms. The maximum Gasteiger partial charge on any atom is 0.254 e. The van der Waals surface area contributed by atoms with E-state index in [4.69, 9.17) is 0 Å². The second-order valence-corrected chi connectivity index (χ2v) is 7.68. The molecular weight excluding hydrogens is 340 g/mol. The second kappa shape index (κ2) is 8.57. The smallest absolute Gasteiger partial charge is 0.254 e. The molecule has 1 aliphatic rings. The van der Waals surface area contributed by atoms with Crippen LogP contribution in [0.15, 0.2) is 30.6 Å². The van der Waals surface area contributed by atoms with Crippen molar-refractivity contribution in [1.82, 2.24) is 19.4 Å². The number of carbonyl (C=O) groups excluding carboxylic acids is 1. The van der Waals surface area contributed by atoms with Crippen LogP contribution in [-0.2, 0) is 6.54 Å². The predicted octanol–water partition coefficient (Wildman–Crippen LogP) is 2.87. The van der Waals surface area contributed by atoms with Gasteiger partial charge in [0.05, 0.1) is 0 Å². The maximum absolute atomic E-state index is 13.0. The van der Waals surface area contributed by atoms with Crippen molar-refractivity contribution in [3.63, 3.8) is 0 Å². The summed E-state index contributed by atoms with van der Waals surface area (Å²) in [4.78, 5) is 21.7. The SMILES string of the molecule is Cc1c(O)cccc1C(=O)N1CCC[C@@H](c2nccn2CCCN(C)C)C1. The molecule has 6 heteroatoms. The fourth-order valence-corrected chi connectivity index (χ4v) is 3.82. The van der Waals surface area contributed by atoms with Crippen LogP contribution in [0.3, 0.4) is 0 Å². The summed E-state index contributed by atoms with van der Waals surface area (Å²) in [5.41, 5.74) is 1.24. The Bertz CT molecular complexity index is 784. The number of imidazole rings is 1. The van der Waals surface area contributed by atoms with Crippen LogP contribution in [-0.4, -0.2) is 64.1 Å². The quantitative estimate of drug-likeness (QED) is 0.849. The maximum atomic E-state index is 13.0. The molecule has 1 aromatic heterocycles. The molecule has 2 aromatic rings. The minimum atomic E-state index is -0.00110. The van der Waals surface area contributed by atoms with Crippen LogP contribution in [0.5, 0.6) is 5.75 Å². The first-order valence-electron chi connectivity index (χ1n) is 9.71. The first kappa shape index (κ1) is 19.4. The molecule has 0 bridgehead atoms. The van der Waals surface area contributed by atoms with Gasteiger partial charge in [-0.15, -0.1) is 0 Å². The van der Waals surface area contributed by atoms with Gasteiger partial charge in [0, 0.05) is 49.1 Å². The fraction of sp³-hybridized carbons (Fsp3) is 0.524. The van der Waals surface area contributed by atoms with Crippen molar-refractivity contribution in [2.75, 3.05) is 33.7 Å². The number of hydrogen-bond donors (Lipinski definition) is 1. The molecule has 1 saturated heterocycles. The fourth-order valence-electron chi connectivity index (χ4n) is 3.82. The molecule has 0 unspecified atom stereocenters. The lowest BCUT2D eigenvalue weighted by Crippen LogP contribution is -2.40. The van der Waals surface area contributed by atoms with Crippen molar-refractivity contribution >= 4 is 5.91 Å². The number of amides is 1. The number of carbonyl (C=O) groups is 1. The number of phenolic OH excluding ortho intramolecular Hbond substituents is 1. The molecule has 1 aromatic carbocycles. The van der Waals surface area contributed by atoms with E-state index in [0.29, 0.717) is 17.7 Å². The Labute approximate surface area is 161 Å². The van der Waals surface area contributed by atoms with Crippen LogP contribution in [0.2, 0.25) is 0 Å². The van der Waals surface area contributed by atoms with E-state index in [0.717, 1.165) is 44.7 Å². The van der Waals surface area contributed by atoms with Crippen LogP contribution in [0.1, 0.15) is 46.9 Å². The first-order valence-corrected chi connectivity index (χ1v) is 9.71. The lowest BCUT2D eigenvalue weighted by Gasteiger charge is -2.33. The van der Waals surface area contributed by atoms with Gasteiger partial charge in [0.2, 0.25) is 0 Å². The third-order valence-corrected chi connectivity index (χ3v) is 5.36. The van der Waals surface area contributed by atoms with E-state index in [-0.39, 0.29) is 17.6 Å². The van der Waals surface area contributed by atoms with Gasteiger partial charge in [0.15, 0.2) is 0 Å². The van der Waals surface area contributed by atoms with Crippen molar-refractivity contribution < 1.29 is 9.90 Å². The molecule has 2 heterocycles. The third kappa shape index (κ3) is 4.50. The molecule has 146 valence electrons. The Balaban J connectivity index is 1.70. The minimum Gasteiger partial charge on any atom is -0.508 e. The average Bonchev–Trinajstić information content (AvgIpc) is 3.12. The number of benzene rings is 1. The predicted molar refractivity (Wildman–Crippen MR) is 106 cm³/mol. The summed E-state index contributed by atoms with van der Waals surface area (Å²) in [6.07, 6.45) is 7.01. The number of aryl methyl sites for hydroxylation is 1. The van der Waals surface area contributed by atoms with Gasteiger partial charge in [0.1, 0.15) is 11.6 Å². The van der Waals surface area contributed by atoms with Gasteiger partial charge < -0.3 is 19.5 Å². The third-order valence-electron chi connectivity index (χ3n) is 5.36. The summed E-state index contributed by atoms with van der Waals surface area (Å²) in [6.45, 7) is 5.22. The summed E-state index contributed by atoms with van der Waals surface area (Å²) in [7, 11) is 4.17. The van der Waals surface area contributed by atoms with Crippen LogP contribution >= 0.6 is 0 Å². The second-order valence-electron chi connectivity index (χ2n) is 7.68. The molecule has 1 N–H and O–H groups in total. The van der Waals surface area contributed by atoms with Gasteiger partial charge in [-0.2, -0.15) is 0 Å². The Hall–Kier alpha value is -2.34. The van der Waals surface area contributed by atoms with Crippen LogP contribution in [0.4, 0.5) is 0 Å². The van der Waals surface area contributed by atoms with Gasteiger partial charge in [-0.05, 0) is 59.0 Å². The van der Waals surface area contributed by atoms with E-state index in [1.165, 1.54) is 0 Å². The number of phenols is 1. The summed E-state index contributed by atoms with van der Waals surface area (Å²) >= 11 is 0. The highest BCUT2D eigenvalue weighted by Gasteiger charge is 2.28. The van der Waals surface area contributed by atoms with E-state index in [1.54, 1.807) is 25.1 Å². The number of likely N-dealkylation sites (tertiary alicyclic amines) is 1. The average molecular weight is 370 g/mol. The van der Waals surface area contributed by atoms with Crippen molar-refractivity contribution in [2.24, 2.45) is 0 Å². The highest BCUT2D eigenvalue weighted by molar-refractivity contribution is 5.96. The molecule has 1 fully saturated rings. The normalized spacial score (nSPS) is 17.5. The van der Waals surface area contributed by atoms with Gasteiger partial charge in [-0.1, -0.05) is 6.07 Å². The number of hydrogen-bond acceptors (Lipinski definition) is 4. The molecule has 1 atom stereocenters.